The van der Waals surface area contributed by atoms with E-state index in [0.29, 0.717) is 5.75 Å². The van der Waals surface area contributed by atoms with E-state index < -0.39 is 6.10 Å². The molecule has 118 valence electrons. The van der Waals surface area contributed by atoms with Crippen LogP contribution >= 0.6 is 11.8 Å². The summed E-state index contributed by atoms with van der Waals surface area (Å²) in [5, 5.41) is 12.0. The molecule has 0 radical (unpaired) electrons. The molecule has 23 heavy (non-hydrogen) atoms. The minimum absolute atomic E-state index is 0.263. The van der Waals surface area contributed by atoms with Crippen LogP contribution in [0.25, 0.3) is 10.9 Å². The maximum atomic E-state index is 10.1. The van der Waals surface area contributed by atoms with Gasteiger partial charge in [-0.25, -0.2) is 9.97 Å². The molecule has 0 aliphatic rings. The second kappa shape index (κ2) is 7.44. The molecule has 1 atom stereocenters. The Morgan fingerprint density at radius 1 is 1.04 bits per heavy atom. The zero-order valence-corrected chi connectivity index (χ0v) is 13.7. The molecule has 1 N–H and O–H groups in total. The van der Waals surface area contributed by atoms with E-state index in [-0.39, 0.29) is 6.61 Å². The van der Waals surface area contributed by atoms with Crippen LogP contribution in [0.5, 0.6) is 5.75 Å². The first-order valence-electron chi connectivity index (χ1n) is 7.44. The molecule has 0 aliphatic heterocycles. The molecule has 1 heterocycles. The molecule has 2 aromatic carbocycles. The molecular formula is C18H18N2O2S. The van der Waals surface area contributed by atoms with E-state index in [1.807, 2.05) is 61.5 Å². The fraction of sp³-hybridized carbons (Fsp3) is 0.222. The van der Waals surface area contributed by atoms with Gasteiger partial charge in [0.2, 0.25) is 0 Å². The lowest BCUT2D eigenvalue weighted by molar-refractivity contribution is 0.126. The Labute approximate surface area is 139 Å². The Hall–Kier alpha value is -2.11. The molecule has 0 saturated carbocycles. The number of aliphatic hydroxyl groups excluding tert-OH is 1. The van der Waals surface area contributed by atoms with Crippen LogP contribution < -0.4 is 4.74 Å². The quantitative estimate of drug-likeness (QED) is 0.555. The van der Waals surface area contributed by atoms with Crippen molar-refractivity contribution in [1.82, 2.24) is 9.97 Å². The maximum absolute atomic E-state index is 10.1. The van der Waals surface area contributed by atoms with Crippen molar-refractivity contribution in [2.75, 3.05) is 12.4 Å². The lowest BCUT2D eigenvalue weighted by Gasteiger charge is -2.12. The predicted molar refractivity (Wildman–Crippen MR) is 92.9 cm³/mol. The van der Waals surface area contributed by atoms with Crippen LogP contribution in [0.2, 0.25) is 0 Å². The summed E-state index contributed by atoms with van der Waals surface area (Å²) in [7, 11) is 0. The van der Waals surface area contributed by atoms with Crippen molar-refractivity contribution in [1.29, 1.82) is 0 Å². The molecule has 0 bridgehead atoms. The second-order valence-electron chi connectivity index (χ2n) is 5.18. The molecule has 5 heteroatoms. The van der Waals surface area contributed by atoms with Gasteiger partial charge in [-0.15, -0.1) is 11.8 Å². The van der Waals surface area contributed by atoms with E-state index in [9.17, 15) is 5.11 Å². The van der Waals surface area contributed by atoms with Crippen molar-refractivity contribution < 1.29 is 9.84 Å². The number of aromatic nitrogens is 2. The van der Waals surface area contributed by atoms with Gasteiger partial charge in [-0.3, -0.25) is 0 Å². The average molecular weight is 326 g/mol. The number of rotatable bonds is 6. The molecule has 3 rings (SSSR count). The monoisotopic (exact) mass is 326 g/mol. The number of aliphatic hydroxyl groups is 1. The average Bonchev–Trinajstić information content (AvgIpc) is 2.58. The number of thioether (sulfide) groups is 1. The Kier molecular flexibility index (Phi) is 5.10. The summed E-state index contributed by atoms with van der Waals surface area (Å²) < 4.78 is 5.57. The molecule has 0 spiro atoms. The van der Waals surface area contributed by atoms with E-state index in [0.717, 1.165) is 27.5 Å². The summed E-state index contributed by atoms with van der Waals surface area (Å²) in [5.74, 6) is 2.02. The smallest absolute Gasteiger partial charge is 0.127 e. The van der Waals surface area contributed by atoms with Gasteiger partial charge >= 0.3 is 0 Å². The van der Waals surface area contributed by atoms with Crippen molar-refractivity contribution >= 4 is 22.7 Å². The van der Waals surface area contributed by atoms with Gasteiger partial charge in [0, 0.05) is 11.1 Å². The number of para-hydroxylation sites is 2. The van der Waals surface area contributed by atoms with Gasteiger partial charge in [0.1, 0.15) is 23.2 Å². The highest BCUT2D eigenvalue weighted by atomic mass is 32.2. The number of fused-ring (bicyclic) bond motifs is 1. The highest BCUT2D eigenvalue weighted by Crippen LogP contribution is 2.25. The van der Waals surface area contributed by atoms with Crippen LogP contribution in [0.3, 0.4) is 0 Å². The van der Waals surface area contributed by atoms with Crippen LogP contribution in [0.15, 0.2) is 59.6 Å². The fourth-order valence-electron chi connectivity index (χ4n) is 2.20. The van der Waals surface area contributed by atoms with Gasteiger partial charge in [0.15, 0.2) is 0 Å². The summed E-state index contributed by atoms with van der Waals surface area (Å²) in [6.07, 6.45) is -0.561. The van der Waals surface area contributed by atoms with Gasteiger partial charge in [-0.2, -0.15) is 0 Å². The third-order valence-corrected chi connectivity index (χ3v) is 4.41. The van der Waals surface area contributed by atoms with E-state index in [1.54, 1.807) is 0 Å². The third-order valence-electron chi connectivity index (χ3n) is 3.28. The Bertz CT molecular complexity index is 780. The Balaban J connectivity index is 1.62. The van der Waals surface area contributed by atoms with E-state index in [2.05, 4.69) is 9.97 Å². The molecule has 3 aromatic rings. The normalized spacial score (nSPS) is 12.3. The van der Waals surface area contributed by atoms with E-state index in [1.165, 1.54) is 11.8 Å². The summed E-state index contributed by atoms with van der Waals surface area (Å²) >= 11 is 1.53. The highest BCUT2D eigenvalue weighted by Gasteiger charge is 2.10. The minimum atomic E-state index is -0.561. The van der Waals surface area contributed by atoms with Gasteiger partial charge in [0.25, 0.3) is 0 Å². The molecular weight excluding hydrogens is 308 g/mol. The summed E-state index contributed by atoms with van der Waals surface area (Å²) in [6, 6.07) is 17.4. The predicted octanol–water partition coefficient (Wildman–Crippen LogP) is 3.47. The summed E-state index contributed by atoms with van der Waals surface area (Å²) in [6.45, 7) is 2.14. The number of ether oxygens (including phenoxy) is 1. The Morgan fingerprint density at radius 2 is 1.78 bits per heavy atom. The molecule has 4 nitrogen and oxygen atoms in total. The van der Waals surface area contributed by atoms with Crippen LogP contribution in [-0.2, 0) is 0 Å². The summed E-state index contributed by atoms with van der Waals surface area (Å²) in [5.41, 5.74) is 0.928. The number of aryl methyl sites for hydroxylation is 1. The standard InChI is InChI=1S/C18H18N2O2S/c1-13-19-17-10-6-5-9-16(17)18(20-13)23-12-14(21)11-22-15-7-3-2-4-8-15/h2-10,14,21H,11-12H2,1H3. The van der Waals surface area contributed by atoms with Crippen molar-refractivity contribution in [2.24, 2.45) is 0 Å². The first-order chi connectivity index (χ1) is 11.2. The number of hydrogen-bond donors (Lipinski definition) is 1. The van der Waals surface area contributed by atoms with Crippen LogP contribution in [0.4, 0.5) is 0 Å². The largest absolute Gasteiger partial charge is 0.491 e. The number of benzene rings is 2. The summed E-state index contributed by atoms with van der Waals surface area (Å²) in [4.78, 5) is 8.92. The lowest BCUT2D eigenvalue weighted by atomic mass is 10.2. The fourth-order valence-corrected chi connectivity index (χ4v) is 3.17. The van der Waals surface area contributed by atoms with Gasteiger partial charge < -0.3 is 9.84 Å². The zero-order valence-electron chi connectivity index (χ0n) is 12.8. The molecule has 0 saturated heterocycles. The second-order valence-corrected chi connectivity index (χ2v) is 6.19. The van der Waals surface area contributed by atoms with E-state index in [4.69, 9.17) is 4.74 Å². The Morgan fingerprint density at radius 3 is 2.61 bits per heavy atom. The molecule has 0 fully saturated rings. The first kappa shape index (κ1) is 15.8. The zero-order chi connectivity index (χ0) is 16.1. The molecule has 0 amide bonds. The highest BCUT2D eigenvalue weighted by molar-refractivity contribution is 7.99. The van der Waals surface area contributed by atoms with Crippen molar-refractivity contribution in [3.63, 3.8) is 0 Å². The van der Waals surface area contributed by atoms with Gasteiger partial charge in [-0.1, -0.05) is 36.4 Å². The minimum Gasteiger partial charge on any atom is -0.491 e. The van der Waals surface area contributed by atoms with Crippen molar-refractivity contribution in [3.05, 3.63) is 60.4 Å². The number of hydrogen-bond acceptors (Lipinski definition) is 5. The third kappa shape index (κ3) is 4.21. The van der Waals surface area contributed by atoms with E-state index >= 15 is 0 Å². The van der Waals surface area contributed by atoms with Crippen LogP contribution in [0, 0.1) is 6.92 Å². The van der Waals surface area contributed by atoms with Gasteiger partial charge in [0.05, 0.1) is 11.6 Å². The van der Waals surface area contributed by atoms with Crippen molar-refractivity contribution in [2.45, 2.75) is 18.1 Å². The lowest BCUT2D eigenvalue weighted by Crippen LogP contribution is -2.20. The molecule has 0 aliphatic carbocycles. The SMILES string of the molecule is Cc1nc(SCC(O)COc2ccccc2)c2ccccc2n1. The maximum Gasteiger partial charge on any atom is 0.127 e. The van der Waals surface area contributed by atoms with Crippen molar-refractivity contribution in [3.8, 4) is 5.75 Å². The molecule has 1 aromatic heterocycles. The topological polar surface area (TPSA) is 55.2 Å². The first-order valence-corrected chi connectivity index (χ1v) is 8.43. The van der Waals surface area contributed by atoms with Crippen LogP contribution in [-0.4, -0.2) is 33.5 Å². The van der Waals surface area contributed by atoms with Crippen LogP contribution in [0.1, 0.15) is 5.82 Å². The van der Waals surface area contributed by atoms with Gasteiger partial charge in [-0.05, 0) is 25.1 Å². The number of nitrogens with zero attached hydrogens (tertiary/aromatic N) is 2. The molecule has 1 unspecified atom stereocenters.